The van der Waals surface area contributed by atoms with Crippen molar-refractivity contribution in [3.05, 3.63) is 0 Å². The van der Waals surface area contributed by atoms with Crippen molar-refractivity contribution < 1.29 is 29.3 Å². The summed E-state index contributed by atoms with van der Waals surface area (Å²) in [5.74, 6) is -2.25. The normalized spacial score (nSPS) is 13.6. The lowest BCUT2D eigenvalue weighted by Gasteiger charge is -2.19. The monoisotopic (exact) mass is 317 g/mol. The lowest BCUT2D eigenvalue weighted by atomic mass is 10.1. The highest BCUT2D eigenvalue weighted by Gasteiger charge is 2.22. The number of hydrogen-bond donors (Lipinski definition) is 3. The summed E-state index contributed by atoms with van der Waals surface area (Å²) in [7, 11) is 0. The summed E-state index contributed by atoms with van der Waals surface area (Å²) in [6.45, 7) is 6.62. The fraction of sp³-hybridized carbons (Fsp3) is 0.800. The highest BCUT2D eigenvalue weighted by Crippen LogP contribution is 2.08. The zero-order valence-electron chi connectivity index (χ0n) is 13.5. The van der Waals surface area contributed by atoms with Crippen LogP contribution in [-0.2, 0) is 19.1 Å². The third-order valence-corrected chi connectivity index (χ3v) is 3.20. The zero-order chi connectivity index (χ0) is 17.1. The average molecular weight is 317 g/mol. The summed E-state index contributed by atoms with van der Waals surface area (Å²) in [4.78, 5) is 33.4. The van der Waals surface area contributed by atoms with Gasteiger partial charge in [-0.2, -0.15) is 0 Å². The van der Waals surface area contributed by atoms with Crippen LogP contribution in [0.5, 0.6) is 0 Å². The van der Waals surface area contributed by atoms with Crippen molar-refractivity contribution >= 4 is 17.8 Å². The lowest BCUT2D eigenvalue weighted by Crippen LogP contribution is -2.42. The van der Waals surface area contributed by atoms with Crippen LogP contribution in [0.3, 0.4) is 0 Å². The molecule has 0 aromatic heterocycles. The van der Waals surface area contributed by atoms with E-state index in [9.17, 15) is 14.4 Å². The Hall–Kier alpha value is -1.63. The molecule has 0 saturated heterocycles. The molecule has 1 amide bonds. The fourth-order valence-electron chi connectivity index (χ4n) is 1.78. The number of aliphatic carboxylic acids is 2. The SMILES string of the molecule is CCC(CC(=O)NC(CCC(=O)O)C(=O)O)OCCC(C)C. The molecule has 3 N–H and O–H groups in total. The number of ether oxygens (including phenoxy) is 1. The van der Waals surface area contributed by atoms with Gasteiger partial charge in [0.2, 0.25) is 5.91 Å². The Balaban J connectivity index is 4.29. The van der Waals surface area contributed by atoms with Gasteiger partial charge in [0.15, 0.2) is 0 Å². The van der Waals surface area contributed by atoms with E-state index < -0.39 is 23.9 Å². The predicted octanol–water partition coefficient (Wildman–Crippen LogP) is 1.65. The first-order chi connectivity index (χ1) is 10.3. The Kier molecular flexibility index (Phi) is 10.2. The number of carbonyl (C=O) groups excluding carboxylic acids is 1. The lowest BCUT2D eigenvalue weighted by molar-refractivity contribution is -0.143. The molecule has 0 aliphatic heterocycles. The van der Waals surface area contributed by atoms with Gasteiger partial charge in [-0.3, -0.25) is 9.59 Å². The average Bonchev–Trinajstić information content (AvgIpc) is 2.41. The second kappa shape index (κ2) is 11.0. The standard InChI is InChI=1S/C15H27NO6/c1-4-11(22-8-7-10(2)3)9-13(17)16-12(15(20)21)5-6-14(18)19/h10-12H,4-9H2,1-3H3,(H,16,17)(H,18,19)(H,20,21). The maximum absolute atomic E-state index is 11.9. The topological polar surface area (TPSA) is 113 Å². The largest absolute Gasteiger partial charge is 0.481 e. The molecule has 7 nitrogen and oxygen atoms in total. The van der Waals surface area contributed by atoms with Crippen LogP contribution in [0.4, 0.5) is 0 Å². The number of carbonyl (C=O) groups is 3. The molecule has 2 atom stereocenters. The quantitative estimate of drug-likeness (QED) is 0.504. The molecule has 2 unspecified atom stereocenters. The molecule has 0 spiro atoms. The zero-order valence-corrected chi connectivity index (χ0v) is 13.5. The van der Waals surface area contributed by atoms with E-state index in [1.807, 2.05) is 6.92 Å². The molecule has 0 rings (SSSR count). The van der Waals surface area contributed by atoms with Crippen molar-refractivity contribution in [2.24, 2.45) is 5.92 Å². The minimum Gasteiger partial charge on any atom is -0.481 e. The summed E-state index contributed by atoms with van der Waals surface area (Å²) in [5.41, 5.74) is 0. The minimum atomic E-state index is -1.23. The van der Waals surface area contributed by atoms with Crippen LogP contribution in [-0.4, -0.2) is 46.8 Å². The molecular weight excluding hydrogens is 290 g/mol. The van der Waals surface area contributed by atoms with Gasteiger partial charge in [-0.25, -0.2) is 4.79 Å². The van der Waals surface area contributed by atoms with Gasteiger partial charge in [-0.1, -0.05) is 20.8 Å². The maximum Gasteiger partial charge on any atom is 0.326 e. The van der Waals surface area contributed by atoms with Crippen LogP contribution in [0.15, 0.2) is 0 Å². The molecule has 0 aromatic carbocycles. The fourth-order valence-corrected chi connectivity index (χ4v) is 1.78. The summed E-state index contributed by atoms with van der Waals surface area (Å²) in [6, 6.07) is -1.18. The molecule has 0 radical (unpaired) electrons. The van der Waals surface area contributed by atoms with Crippen molar-refractivity contribution in [2.75, 3.05) is 6.61 Å². The van der Waals surface area contributed by atoms with E-state index >= 15 is 0 Å². The van der Waals surface area contributed by atoms with Crippen LogP contribution in [0, 0.1) is 5.92 Å². The first kappa shape index (κ1) is 20.4. The number of carboxylic acid groups (broad SMARTS) is 2. The Morgan fingerprint density at radius 1 is 1.14 bits per heavy atom. The summed E-state index contributed by atoms with van der Waals surface area (Å²) < 4.78 is 5.61. The van der Waals surface area contributed by atoms with E-state index in [-0.39, 0.29) is 25.4 Å². The molecule has 0 aromatic rings. The third-order valence-electron chi connectivity index (χ3n) is 3.20. The Morgan fingerprint density at radius 2 is 1.77 bits per heavy atom. The van der Waals surface area contributed by atoms with Crippen molar-refractivity contribution in [1.29, 1.82) is 0 Å². The van der Waals surface area contributed by atoms with Gasteiger partial charge in [-0.15, -0.1) is 0 Å². The maximum atomic E-state index is 11.9. The van der Waals surface area contributed by atoms with Crippen LogP contribution in [0.1, 0.15) is 52.9 Å². The molecule has 7 heteroatoms. The van der Waals surface area contributed by atoms with Gasteiger partial charge in [-0.05, 0) is 25.2 Å². The van der Waals surface area contributed by atoms with Crippen LogP contribution in [0.2, 0.25) is 0 Å². The molecule has 22 heavy (non-hydrogen) atoms. The number of amides is 1. The van der Waals surface area contributed by atoms with Crippen molar-refractivity contribution in [2.45, 2.75) is 65.0 Å². The van der Waals surface area contributed by atoms with Crippen LogP contribution in [0.25, 0.3) is 0 Å². The second-order valence-corrected chi connectivity index (χ2v) is 5.68. The molecule has 0 aliphatic carbocycles. The van der Waals surface area contributed by atoms with Crippen molar-refractivity contribution in [3.8, 4) is 0 Å². The van der Waals surface area contributed by atoms with Crippen LogP contribution < -0.4 is 5.32 Å². The van der Waals surface area contributed by atoms with Gasteiger partial charge in [0.25, 0.3) is 0 Å². The highest BCUT2D eigenvalue weighted by molar-refractivity contribution is 5.84. The van der Waals surface area contributed by atoms with Crippen LogP contribution >= 0.6 is 0 Å². The van der Waals surface area contributed by atoms with E-state index in [0.717, 1.165) is 6.42 Å². The third kappa shape index (κ3) is 10.1. The van der Waals surface area contributed by atoms with Gasteiger partial charge in [0, 0.05) is 13.0 Å². The Morgan fingerprint density at radius 3 is 2.23 bits per heavy atom. The molecule has 128 valence electrons. The number of hydrogen-bond acceptors (Lipinski definition) is 4. The minimum absolute atomic E-state index is 0.0748. The smallest absolute Gasteiger partial charge is 0.326 e. The molecule has 0 bridgehead atoms. The van der Waals surface area contributed by atoms with E-state index in [1.54, 1.807) is 0 Å². The molecule has 0 heterocycles. The van der Waals surface area contributed by atoms with E-state index in [2.05, 4.69) is 19.2 Å². The summed E-state index contributed by atoms with van der Waals surface area (Å²) in [5, 5.41) is 19.9. The Bertz CT molecular complexity index is 369. The molecule has 0 aliphatic rings. The predicted molar refractivity (Wildman–Crippen MR) is 80.5 cm³/mol. The summed E-state index contributed by atoms with van der Waals surface area (Å²) >= 11 is 0. The van der Waals surface area contributed by atoms with Gasteiger partial charge in [0.05, 0.1) is 12.5 Å². The van der Waals surface area contributed by atoms with Gasteiger partial charge < -0.3 is 20.3 Å². The Labute approximate surface area is 131 Å². The second-order valence-electron chi connectivity index (χ2n) is 5.68. The van der Waals surface area contributed by atoms with E-state index in [4.69, 9.17) is 14.9 Å². The molecule has 0 saturated carbocycles. The molecular formula is C15H27NO6. The van der Waals surface area contributed by atoms with Crippen molar-refractivity contribution in [3.63, 3.8) is 0 Å². The van der Waals surface area contributed by atoms with E-state index in [1.165, 1.54) is 0 Å². The first-order valence-electron chi connectivity index (χ1n) is 7.61. The number of carboxylic acids is 2. The first-order valence-corrected chi connectivity index (χ1v) is 7.61. The summed E-state index contributed by atoms with van der Waals surface area (Å²) in [6.07, 6.45) is 0.923. The van der Waals surface area contributed by atoms with Gasteiger partial charge in [0.1, 0.15) is 6.04 Å². The number of nitrogens with one attached hydrogen (secondary N) is 1. The van der Waals surface area contributed by atoms with E-state index in [0.29, 0.717) is 18.9 Å². The molecule has 0 fully saturated rings. The van der Waals surface area contributed by atoms with Gasteiger partial charge >= 0.3 is 11.9 Å². The number of rotatable bonds is 12. The highest BCUT2D eigenvalue weighted by atomic mass is 16.5. The van der Waals surface area contributed by atoms with Crippen molar-refractivity contribution in [1.82, 2.24) is 5.32 Å².